The number of carbonyl (C=O) groups excluding carboxylic acids is 2. The van der Waals surface area contributed by atoms with E-state index in [4.69, 9.17) is 23.2 Å². The number of hydrogen-bond donors (Lipinski definition) is 4. The summed E-state index contributed by atoms with van der Waals surface area (Å²) in [7, 11) is 0. The van der Waals surface area contributed by atoms with Gasteiger partial charge in [-0.3, -0.25) is 14.9 Å². The number of aliphatic hydroxyl groups is 1. The topological polar surface area (TPSA) is 103 Å². The fourth-order valence-corrected chi connectivity index (χ4v) is 8.16. The van der Waals surface area contributed by atoms with Crippen LogP contribution in [0.3, 0.4) is 0 Å². The molecule has 2 amide bonds. The van der Waals surface area contributed by atoms with E-state index in [-0.39, 0.29) is 29.4 Å². The van der Waals surface area contributed by atoms with Crippen molar-refractivity contribution in [1.29, 1.82) is 0 Å². The molecule has 0 bridgehead atoms. The van der Waals surface area contributed by atoms with Crippen molar-refractivity contribution in [3.05, 3.63) is 57.8 Å². The number of benzene rings is 1. The minimum Gasteiger partial charge on any atom is -0.393 e. The summed E-state index contributed by atoms with van der Waals surface area (Å²) in [5.41, 5.74) is 0.839. The molecule has 2 spiro atoms. The summed E-state index contributed by atoms with van der Waals surface area (Å²) >= 11 is 12.8. The highest BCUT2D eigenvalue weighted by Gasteiger charge is 2.72. The molecule has 39 heavy (non-hydrogen) atoms. The minimum atomic E-state index is -1.04. The van der Waals surface area contributed by atoms with Crippen LogP contribution in [0.4, 0.5) is 5.69 Å². The van der Waals surface area contributed by atoms with Gasteiger partial charge >= 0.3 is 0 Å². The Hall–Kier alpha value is -2.19. The van der Waals surface area contributed by atoms with Gasteiger partial charge < -0.3 is 15.7 Å². The molecule has 4 aliphatic rings. The van der Waals surface area contributed by atoms with E-state index in [1.54, 1.807) is 18.3 Å². The van der Waals surface area contributed by atoms with E-state index in [0.29, 0.717) is 28.7 Å². The number of nitrogens with zero attached hydrogens (tertiary/aromatic N) is 1. The first kappa shape index (κ1) is 27.0. The minimum absolute atomic E-state index is 0.00864. The second-order valence-electron chi connectivity index (χ2n) is 12.7. The van der Waals surface area contributed by atoms with Gasteiger partial charge in [0.15, 0.2) is 0 Å². The first-order chi connectivity index (χ1) is 18.5. The molecule has 1 aromatic heterocycles. The molecule has 9 heteroatoms. The van der Waals surface area contributed by atoms with E-state index < -0.39 is 22.9 Å². The second-order valence-corrected chi connectivity index (χ2v) is 13.5. The molecule has 7 nitrogen and oxygen atoms in total. The third kappa shape index (κ3) is 4.37. The third-order valence-electron chi connectivity index (χ3n) is 9.89. The van der Waals surface area contributed by atoms with Crippen molar-refractivity contribution in [2.24, 2.45) is 5.41 Å². The quantitative estimate of drug-likeness (QED) is 0.385. The molecule has 0 radical (unpaired) electrons. The Labute approximate surface area is 239 Å². The Morgan fingerprint density at radius 1 is 1.05 bits per heavy atom. The van der Waals surface area contributed by atoms with Gasteiger partial charge in [0.2, 0.25) is 11.8 Å². The number of amides is 2. The molecule has 2 saturated carbocycles. The number of hydrogen-bond acceptors (Lipinski definition) is 5. The molecule has 6 rings (SSSR count). The highest BCUT2D eigenvalue weighted by molar-refractivity contribution is 6.31. The van der Waals surface area contributed by atoms with Crippen LogP contribution in [0.25, 0.3) is 0 Å². The summed E-state index contributed by atoms with van der Waals surface area (Å²) in [5.74, 6) is -0.748. The predicted octanol–water partition coefficient (Wildman–Crippen LogP) is 5.09. The Bertz CT molecular complexity index is 1300. The first-order valence-corrected chi connectivity index (χ1v) is 14.8. The Balaban J connectivity index is 1.51. The molecular formula is C30H36Cl2N4O3. The highest BCUT2D eigenvalue weighted by Crippen LogP contribution is 2.63. The summed E-state index contributed by atoms with van der Waals surface area (Å²) < 4.78 is 0. The second kappa shape index (κ2) is 9.72. The normalized spacial score (nSPS) is 32.7. The molecular weight excluding hydrogens is 535 g/mol. The van der Waals surface area contributed by atoms with E-state index in [0.717, 1.165) is 49.7 Å². The molecule has 4 N–H and O–H groups in total. The maximum absolute atomic E-state index is 14.5. The summed E-state index contributed by atoms with van der Waals surface area (Å²) in [4.78, 5) is 32.9. The van der Waals surface area contributed by atoms with Gasteiger partial charge in [0.1, 0.15) is 10.6 Å². The zero-order valence-corrected chi connectivity index (χ0v) is 23.9. The van der Waals surface area contributed by atoms with Crippen LogP contribution in [-0.4, -0.2) is 45.6 Å². The lowest BCUT2D eigenvalue weighted by molar-refractivity contribution is -0.125. The zero-order valence-electron chi connectivity index (χ0n) is 22.4. The predicted molar refractivity (Wildman–Crippen MR) is 152 cm³/mol. The number of anilines is 1. The maximum Gasteiger partial charge on any atom is 0.238 e. The zero-order chi connectivity index (χ0) is 27.6. The van der Waals surface area contributed by atoms with Crippen LogP contribution in [0.5, 0.6) is 0 Å². The summed E-state index contributed by atoms with van der Waals surface area (Å²) in [6.07, 6.45) is 7.51. The summed E-state index contributed by atoms with van der Waals surface area (Å²) in [5, 5.41) is 21.1. The molecule has 2 aliphatic carbocycles. The van der Waals surface area contributed by atoms with Gasteiger partial charge in [-0.25, -0.2) is 4.98 Å². The fraction of sp³-hybridized carbons (Fsp3) is 0.567. The monoisotopic (exact) mass is 570 g/mol. The van der Waals surface area contributed by atoms with Crippen molar-refractivity contribution < 1.29 is 14.7 Å². The first-order valence-electron chi connectivity index (χ1n) is 14.0. The SMILES string of the molecule is CC1(C)CCC2(CC1)N[C@@H](C(=O)N[C@H]1CC[C@H](O)CC1)[C@H](c1ccnc(Cl)c1)[C@]21C(=O)Nc2cc(Cl)ccc21. The largest absolute Gasteiger partial charge is 0.393 e. The van der Waals surface area contributed by atoms with Gasteiger partial charge in [-0.2, -0.15) is 0 Å². The number of pyridine rings is 1. The highest BCUT2D eigenvalue weighted by atomic mass is 35.5. The number of aliphatic hydroxyl groups excluding tert-OH is 1. The lowest BCUT2D eigenvalue weighted by Gasteiger charge is -2.50. The average molecular weight is 572 g/mol. The smallest absolute Gasteiger partial charge is 0.238 e. The molecule has 3 atom stereocenters. The standard InChI is InChI=1S/C30H36Cl2N4O3/c1-28(2)10-12-29(13-11-28)30(21-8-3-18(31)16-22(21)35-27(30)39)24(17-9-14-33-23(32)15-17)25(36-29)26(38)34-19-4-6-20(37)7-5-19/h3,8-9,14-16,19-20,24-25,36-37H,4-7,10-13H2,1-2H3,(H,34,38)(H,35,39)/t19-,20-,24-,25+,30+/m0/s1. The fourth-order valence-electron chi connectivity index (χ4n) is 7.81. The van der Waals surface area contributed by atoms with Gasteiger partial charge in [-0.1, -0.05) is 43.1 Å². The van der Waals surface area contributed by atoms with Crippen LogP contribution in [0.2, 0.25) is 10.2 Å². The van der Waals surface area contributed by atoms with Crippen molar-refractivity contribution in [1.82, 2.24) is 15.6 Å². The van der Waals surface area contributed by atoms with Gasteiger partial charge in [-0.05, 0) is 92.2 Å². The van der Waals surface area contributed by atoms with Crippen LogP contribution in [0.15, 0.2) is 36.5 Å². The van der Waals surface area contributed by atoms with Crippen LogP contribution in [0.1, 0.15) is 82.3 Å². The van der Waals surface area contributed by atoms with Crippen molar-refractivity contribution in [3.8, 4) is 0 Å². The number of rotatable bonds is 3. The molecule has 2 aliphatic heterocycles. The van der Waals surface area contributed by atoms with Crippen molar-refractivity contribution >= 4 is 40.7 Å². The molecule has 3 fully saturated rings. The number of nitrogens with one attached hydrogen (secondary N) is 3. The number of aromatic nitrogens is 1. The van der Waals surface area contributed by atoms with Crippen LogP contribution in [0, 0.1) is 5.41 Å². The van der Waals surface area contributed by atoms with Gasteiger partial charge in [0, 0.05) is 34.4 Å². The maximum atomic E-state index is 14.5. The Morgan fingerprint density at radius 2 is 1.77 bits per heavy atom. The van der Waals surface area contributed by atoms with Crippen molar-refractivity contribution in [3.63, 3.8) is 0 Å². The van der Waals surface area contributed by atoms with E-state index in [2.05, 4.69) is 34.8 Å². The average Bonchev–Trinajstić information content (AvgIpc) is 3.35. The number of halogens is 2. The molecule has 3 heterocycles. The van der Waals surface area contributed by atoms with E-state index in [1.807, 2.05) is 18.2 Å². The lowest BCUT2D eigenvalue weighted by Crippen LogP contribution is -2.61. The third-order valence-corrected chi connectivity index (χ3v) is 10.3. The van der Waals surface area contributed by atoms with Gasteiger partial charge in [0.05, 0.1) is 12.1 Å². The summed E-state index contributed by atoms with van der Waals surface area (Å²) in [6.45, 7) is 4.54. The lowest BCUT2D eigenvalue weighted by atomic mass is 9.53. The van der Waals surface area contributed by atoms with E-state index >= 15 is 0 Å². The van der Waals surface area contributed by atoms with Crippen LogP contribution < -0.4 is 16.0 Å². The van der Waals surface area contributed by atoms with Crippen molar-refractivity contribution in [2.75, 3.05) is 5.32 Å². The van der Waals surface area contributed by atoms with Crippen LogP contribution in [-0.2, 0) is 15.0 Å². The number of fused-ring (bicyclic) bond motifs is 3. The summed E-state index contributed by atoms with van der Waals surface area (Å²) in [6, 6.07) is 8.60. The van der Waals surface area contributed by atoms with Gasteiger partial charge in [0.25, 0.3) is 0 Å². The van der Waals surface area contributed by atoms with Gasteiger partial charge in [-0.15, -0.1) is 0 Å². The van der Waals surface area contributed by atoms with Crippen LogP contribution >= 0.6 is 23.2 Å². The molecule has 1 saturated heterocycles. The molecule has 208 valence electrons. The molecule has 2 aromatic rings. The Kier molecular flexibility index (Phi) is 6.73. The van der Waals surface area contributed by atoms with E-state index in [9.17, 15) is 14.7 Å². The number of carbonyl (C=O) groups is 2. The molecule has 0 unspecified atom stereocenters. The molecule has 1 aromatic carbocycles. The van der Waals surface area contributed by atoms with E-state index in [1.165, 1.54) is 0 Å². The Morgan fingerprint density at radius 3 is 2.46 bits per heavy atom. The van der Waals surface area contributed by atoms with Crippen molar-refractivity contribution in [2.45, 2.75) is 100 Å².